The largest absolute Gasteiger partial charge is 0.461 e. The van der Waals surface area contributed by atoms with Crippen molar-refractivity contribution in [2.45, 2.75) is 95.6 Å². The summed E-state index contributed by atoms with van der Waals surface area (Å²) in [5.41, 5.74) is 13.0. The van der Waals surface area contributed by atoms with Gasteiger partial charge >= 0.3 is 5.97 Å². The molecular weight excluding hydrogens is 773 g/mol. The predicted octanol–water partition coefficient (Wildman–Crippen LogP) is 0.190. The number of nitrogens with two attached hydrogens (primary N) is 2. The van der Waals surface area contributed by atoms with Crippen molar-refractivity contribution in [2.75, 3.05) is 13.1 Å². The summed E-state index contributed by atoms with van der Waals surface area (Å²) >= 11 is 0. The summed E-state index contributed by atoms with van der Waals surface area (Å²) in [6, 6.07) is 20.6. The standard InChI is InChI=1S/C43H56N8O9/c1-28(39(45)55)47-42(58)35(24-30-14-6-3-7-15-30)51-43(59)36(25-31-16-8-4-9-17-31)50-41(57)34(21-22-38(54)60-27-32-18-10-5-11-19-32)49-37(53)26-46-40(56)33(48-29(2)52)20-12-13-23-44/h3-11,14-19,28,33-36H,12-13,20-27,44H2,1-2H3,(H2,45,55)(H,46,56)(H,47,58)(H,48,52)(H,49,53)(H,50,57)(H,51,59)/t28-,33-,34-,35-,36-/m0/s1. The van der Waals surface area contributed by atoms with Gasteiger partial charge in [0.1, 0.15) is 36.8 Å². The van der Waals surface area contributed by atoms with E-state index >= 15 is 0 Å². The molecule has 3 aromatic carbocycles. The van der Waals surface area contributed by atoms with Crippen molar-refractivity contribution >= 4 is 47.3 Å². The molecule has 5 atom stereocenters. The molecule has 0 unspecified atom stereocenters. The minimum Gasteiger partial charge on any atom is -0.461 e. The molecule has 7 amide bonds. The van der Waals surface area contributed by atoms with E-state index in [-0.39, 0.29) is 38.7 Å². The number of benzene rings is 3. The zero-order valence-electron chi connectivity index (χ0n) is 33.9. The van der Waals surface area contributed by atoms with Crippen LogP contribution in [0.3, 0.4) is 0 Å². The number of carbonyl (C=O) groups is 8. The Morgan fingerprint density at radius 1 is 0.583 bits per heavy atom. The van der Waals surface area contributed by atoms with Crippen LogP contribution in [0.2, 0.25) is 0 Å². The lowest BCUT2D eigenvalue weighted by Gasteiger charge is -2.26. The summed E-state index contributed by atoms with van der Waals surface area (Å²) in [6.07, 6.45) is 0.871. The molecular formula is C43H56N8O9. The van der Waals surface area contributed by atoms with Gasteiger partial charge in [0, 0.05) is 26.2 Å². The van der Waals surface area contributed by atoms with Crippen molar-refractivity contribution in [1.82, 2.24) is 31.9 Å². The predicted molar refractivity (Wildman–Crippen MR) is 222 cm³/mol. The topological polar surface area (TPSA) is 270 Å². The first-order valence-electron chi connectivity index (χ1n) is 19.8. The summed E-state index contributed by atoms with van der Waals surface area (Å²) in [7, 11) is 0. The maximum absolute atomic E-state index is 14.1. The summed E-state index contributed by atoms with van der Waals surface area (Å²) in [4.78, 5) is 104. The zero-order valence-corrected chi connectivity index (χ0v) is 33.9. The number of esters is 1. The summed E-state index contributed by atoms with van der Waals surface area (Å²) in [6.45, 7) is 2.46. The van der Waals surface area contributed by atoms with Gasteiger partial charge in [-0.2, -0.15) is 0 Å². The quantitative estimate of drug-likeness (QED) is 0.0424. The minimum atomic E-state index is -1.40. The SMILES string of the molecule is CC(=O)N[C@@H](CCCCN)C(=O)NCC(=O)N[C@@H](CCC(=O)OCc1ccccc1)C(=O)N[C@@H](Cc1ccccc1)C(=O)N[C@@H](Cc1ccccc1)C(=O)N[C@@H](C)C(N)=O. The second kappa shape index (κ2) is 25.7. The second-order valence-corrected chi connectivity index (χ2v) is 14.2. The van der Waals surface area contributed by atoms with Crippen LogP contribution in [-0.2, 0) is 62.5 Å². The molecule has 10 N–H and O–H groups in total. The highest BCUT2D eigenvalue weighted by atomic mass is 16.5. The van der Waals surface area contributed by atoms with Crippen molar-refractivity contribution in [3.63, 3.8) is 0 Å². The van der Waals surface area contributed by atoms with Crippen LogP contribution in [0.4, 0.5) is 0 Å². The number of carbonyl (C=O) groups excluding carboxylic acids is 8. The maximum Gasteiger partial charge on any atom is 0.306 e. The van der Waals surface area contributed by atoms with Gasteiger partial charge in [-0.05, 0) is 55.8 Å². The Bertz CT molecular complexity index is 1880. The van der Waals surface area contributed by atoms with Crippen molar-refractivity contribution in [3.05, 3.63) is 108 Å². The lowest BCUT2D eigenvalue weighted by atomic mass is 10.0. The van der Waals surface area contributed by atoms with Gasteiger partial charge in [-0.15, -0.1) is 0 Å². The highest BCUT2D eigenvalue weighted by molar-refractivity contribution is 5.96. The van der Waals surface area contributed by atoms with E-state index in [2.05, 4.69) is 31.9 Å². The Hall–Kier alpha value is -6.62. The summed E-state index contributed by atoms with van der Waals surface area (Å²) in [5, 5.41) is 15.5. The van der Waals surface area contributed by atoms with E-state index in [9.17, 15) is 38.4 Å². The molecule has 0 bridgehead atoms. The first-order valence-corrected chi connectivity index (χ1v) is 19.8. The van der Waals surface area contributed by atoms with Gasteiger partial charge in [0.15, 0.2) is 0 Å². The number of hydrogen-bond acceptors (Lipinski definition) is 10. The highest BCUT2D eigenvalue weighted by Gasteiger charge is 2.31. The molecule has 17 nitrogen and oxygen atoms in total. The molecule has 60 heavy (non-hydrogen) atoms. The number of rotatable bonds is 25. The van der Waals surface area contributed by atoms with Crippen LogP contribution in [-0.4, -0.2) is 90.6 Å². The Morgan fingerprint density at radius 3 is 1.57 bits per heavy atom. The lowest BCUT2D eigenvalue weighted by molar-refractivity contribution is -0.145. The first kappa shape index (κ1) is 47.8. The Kier molecular flexibility index (Phi) is 20.4. The van der Waals surface area contributed by atoms with E-state index < -0.39 is 84.1 Å². The number of amides is 7. The fourth-order valence-electron chi connectivity index (χ4n) is 5.93. The van der Waals surface area contributed by atoms with Crippen LogP contribution in [0.25, 0.3) is 0 Å². The van der Waals surface area contributed by atoms with Gasteiger partial charge in [-0.25, -0.2) is 0 Å². The number of nitrogens with one attached hydrogen (secondary N) is 6. The van der Waals surface area contributed by atoms with Gasteiger partial charge < -0.3 is 48.1 Å². The zero-order chi connectivity index (χ0) is 43.9. The molecule has 0 aliphatic rings. The first-order chi connectivity index (χ1) is 28.7. The van der Waals surface area contributed by atoms with E-state index in [4.69, 9.17) is 16.2 Å². The lowest BCUT2D eigenvalue weighted by Crippen LogP contribution is -2.59. The smallest absolute Gasteiger partial charge is 0.306 e. The van der Waals surface area contributed by atoms with Gasteiger partial charge in [0.2, 0.25) is 41.4 Å². The molecule has 0 saturated carbocycles. The Balaban J connectivity index is 1.84. The average molecular weight is 829 g/mol. The number of unbranched alkanes of at least 4 members (excludes halogenated alkanes) is 1. The number of ether oxygens (including phenoxy) is 1. The summed E-state index contributed by atoms with van der Waals surface area (Å²) < 4.78 is 5.38. The summed E-state index contributed by atoms with van der Waals surface area (Å²) in [5.74, 6) is -5.59. The van der Waals surface area contributed by atoms with E-state index in [1.165, 1.54) is 13.8 Å². The van der Waals surface area contributed by atoms with E-state index in [1.807, 2.05) is 6.07 Å². The third-order valence-electron chi connectivity index (χ3n) is 9.21. The van der Waals surface area contributed by atoms with Gasteiger partial charge in [0.05, 0.1) is 6.54 Å². The van der Waals surface area contributed by atoms with Crippen LogP contribution < -0.4 is 43.4 Å². The molecule has 3 aromatic rings. The Morgan fingerprint density at radius 2 is 1.07 bits per heavy atom. The van der Waals surface area contributed by atoms with Gasteiger partial charge in [-0.3, -0.25) is 38.4 Å². The van der Waals surface area contributed by atoms with Crippen LogP contribution >= 0.6 is 0 Å². The van der Waals surface area contributed by atoms with Gasteiger partial charge in [-0.1, -0.05) is 91.0 Å². The van der Waals surface area contributed by atoms with Crippen LogP contribution in [0.15, 0.2) is 91.0 Å². The average Bonchev–Trinajstić information content (AvgIpc) is 3.23. The molecule has 0 spiro atoms. The van der Waals surface area contributed by atoms with Crippen molar-refractivity contribution < 1.29 is 43.1 Å². The van der Waals surface area contributed by atoms with Crippen molar-refractivity contribution in [2.24, 2.45) is 11.5 Å². The molecule has 3 rings (SSSR count). The molecule has 0 aliphatic carbocycles. The molecule has 0 radical (unpaired) electrons. The third kappa shape index (κ3) is 17.9. The molecule has 0 aliphatic heterocycles. The number of primary amides is 1. The number of hydrogen-bond donors (Lipinski definition) is 8. The van der Waals surface area contributed by atoms with Gasteiger partial charge in [0.25, 0.3) is 0 Å². The van der Waals surface area contributed by atoms with Crippen LogP contribution in [0.1, 0.15) is 62.6 Å². The van der Waals surface area contributed by atoms with Crippen LogP contribution in [0, 0.1) is 0 Å². The minimum absolute atomic E-state index is 0.0229. The Labute approximate surface area is 349 Å². The maximum atomic E-state index is 14.1. The normalized spacial score (nSPS) is 13.2. The monoisotopic (exact) mass is 828 g/mol. The third-order valence-corrected chi connectivity index (χ3v) is 9.21. The van der Waals surface area contributed by atoms with Crippen molar-refractivity contribution in [3.8, 4) is 0 Å². The highest BCUT2D eigenvalue weighted by Crippen LogP contribution is 2.10. The van der Waals surface area contributed by atoms with Crippen molar-refractivity contribution in [1.29, 1.82) is 0 Å². The molecule has 0 fully saturated rings. The van der Waals surface area contributed by atoms with E-state index in [0.29, 0.717) is 30.5 Å². The van der Waals surface area contributed by atoms with E-state index in [1.54, 1.807) is 84.9 Å². The second-order valence-electron chi connectivity index (χ2n) is 14.2. The molecule has 0 heterocycles. The fraction of sp³-hybridized carbons (Fsp3) is 0.395. The molecule has 0 saturated heterocycles. The van der Waals surface area contributed by atoms with Crippen LogP contribution in [0.5, 0.6) is 0 Å². The molecule has 322 valence electrons. The fourth-order valence-corrected chi connectivity index (χ4v) is 5.93. The molecule has 17 heteroatoms. The molecule has 0 aromatic heterocycles. The van der Waals surface area contributed by atoms with E-state index in [0.717, 1.165) is 5.56 Å².